The number of epoxide rings is 1. The van der Waals surface area contributed by atoms with Crippen LogP contribution in [0.15, 0.2) is 66.3 Å². The standard InChI is InChI=1S/C60H87ClN8O17/c1-38-14-13-17-49(79-10)60(77)35-48(84-58(76)65-60)39(2)55-59(4,86-55)50(34-53(73)68(8)46-31-41(30-38)32-47(78-9)54(46)61)85-57(75)40(3)67(7)52(72)19-22-80-24-26-82-28-29-83-27-25-81-23-20-63-56(74)44(37-70)64-51(71)18-21-69-43(36-66(6)62-5)33-42-15-11-12-16-45(42)69/h11-17,31-33,39-40,44,48-50,55,62,70,77H,18-30,34-37H2,1-10H3,(H,63,74)(H,64,71)(H,65,76). The minimum absolute atomic E-state index is 0.0401. The summed E-state index contributed by atoms with van der Waals surface area (Å²) in [6.45, 7) is 9.20. The number of esters is 1. The molecule has 3 aliphatic rings. The van der Waals surface area contributed by atoms with Crippen LogP contribution in [-0.2, 0) is 81.4 Å². The molecule has 5 amide bonds. The molecule has 25 nitrogen and oxygen atoms in total. The predicted molar refractivity (Wildman–Crippen MR) is 318 cm³/mol. The number of aryl methyl sites for hydroxylation is 1. The first-order valence-electron chi connectivity index (χ1n) is 28.9. The molecule has 2 fully saturated rings. The molecule has 9 atom stereocenters. The number of fused-ring (bicyclic) bond motifs is 6. The highest BCUT2D eigenvalue weighted by molar-refractivity contribution is 6.35. The minimum Gasteiger partial charge on any atom is -0.495 e. The van der Waals surface area contributed by atoms with Gasteiger partial charge in [0.15, 0.2) is 5.72 Å². The predicted octanol–water partition coefficient (Wildman–Crippen LogP) is 3.18. The lowest BCUT2D eigenvalue weighted by Crippen LogP contribution is -2.63. The largest absolute Gasteiger partial charge is 0.495 e. The van der Waals surface area contributed by atoms with Gasteiger partial charge in [0.2, 0.25) is 23.6 Å². The number of rotatable bonds is 29. The Labute approximate surface area is 507 Å². The molecule has 4 heterocycles. The fourth-order valence-electron chi connectivity index (χ4n) is 10.3. The van der Waals surface area contributed by atoms with E-state index in [0.29, 0.717) is 30.9 Å². The van der Waals surface area contributed by atoms with Crippen molar-refractivity contribution < 1.29 is 81.6 Å². The summed E-state index contributed by atoms with van der Waals surface area (Å²) >= 11 is 6.82. The van der Waals surface area contributed by atoms with Crippen molar-refractivity contribution in [3.05, 3.63) is 82.5 Å². The number of para-hydroxylation sites is 1. The number of aromatic nitrogens is 1. The van der Waals surface area contributed by atoms with Crippen molar-refractivity contribution in [1.82, 2.24) is 35.9 Å². The van der Waals surface area contributed by atoms with Crippen molar-refractivity contribution in [2.24, 2.45) is 5.92 Å². The number of methoxy groups -OCH3 is 2. The first kappa shape index (κ1) is 68.9. The number of hydrazine groups is 1. The molecule has 0 spiro atoms. The maximum Gasteiger partial charge on any atom is 0.409 e. The Morgan fingerprint density at radius 1 is 0.965 bits per heavy atom. The van der Waals surface area contributed by atoms with Gasteiger partial charge in [-0.3, -0.25) is 29.9 Å². The number of aliphatic hydroxyl groups excluding tert-OH is 1. The average molecular weight is 1230 g/mol. The highest BCUT2D eigenvalue weighted by Gasteiger charge is 2.64. The number of hydrogen-bond acceptors (Lipinski definition) is 19. The maximum absolute atomic E-state index is 14.3. The van der Waals surface area contributed by atoms with Crippen molar-refractivity contribution in [3.63, 3.8) is 0 Å². The number of nitrogens with one attached hydrogen (secondary N) is 4. The lowest BCUT2D eigenvalue weighted by atomic mass is 9.83. The second-order valence-corrected chi connectivity index (χ2v) is 22.3. The molecule has 2 aromatic carbocycles. The summed E-state index contributed by atoms with van der Waals surface area (Å²) in [6.07, 6.45) is 0.545. The topological polar surface area (TPSA) is 292 Å². The van der Waals surface area contributed by atoms with Crippen LogP contribution in [0.1, 0.15) is 64.6 Å². The Bertz CT molecular complexity index is 2850. The summed E-state index contributed by atoms with van der Waals surface area (Å²) in [5, 5.41) is 32.7. The minimum atomic E-state index is -1.87. The summed E-state index contributed by atoms with van der Waals surface area (Å²) in [4.78, 5) is 83.0. The molecule has 9 unspecified atom stereocenters. The molecule has 2 saturated heterocycles. The number of anilines is 1. The molecular formula is C60H87ClN8O17. The third kappa shape index (κ3) is 18.6. The number of likely N-dealkylation sites (N-methyl/N-ethyl adjacent to an activating group) is 1. The van der Waals surface area contributed by atoms with Crippen molar-refractivity contribution in [2.75, 3.05) is 113 Å². The zero-order valence-electron chi connectivity index (χ0n) is 51.0. The molecule has 6 rings (SSSR count). The van der Waals surface area contributed by atoms with Crippen LogP contribution in [0, 0.1) is 5.92 Å². The van der Waals surface area contributed by atoms with E-state index in [1.807, 2.05) is 56.4 Å². The monoisotopic (exact) mass is 1230 g/mol. The van der Waals surface area contributed by atoms with E-state index in [1.54, 1.807) is 45.2 Å². The third-order valence-electron chi connectivity index (χ3n) is 15.7. The molecular weight excluding hydrogens is 1140 g/mol. The van der Waals surface area contributed by atoms with E-state index < -0.39 is 90.1 Å². The van der Waals surface area contributed by atoms with Gasteiger partial charge in [0.1, 0.15) is 46.8 Å². The highest BCUT2D eigenvalue weighted by atomic mass is 35.5. The van der Waals surface area contributed by atoms with Crippen LogP contribution in [0.25, 0.3) is 10.9 Å². The van der Waals surface area contributed by atoms with Crippen LogP contribution in [0.3, 0.4) is 0 Å². The van der Waals surface area contributed by atoms with Crippen LogP contribution in [0.5, 0.6) is 5.75 Å². The van der Waals surface area contributed by atoms with Gasteiger partial charge in [-0.15, -0.1) is 0 Å². The van der Waals surface area contributed by atoms with Crippen LogP contribution in [0.4, 0.5) is 10.5 Å². The third-order valence-corrected chi connectivity index (χ3v) is 16.1. The van der Waals surface area contributed by atoms with Crippen LogP contribution in [0.2, 0.25) is 5.02 Å². The van der Waals surface area contributed by atoms with E-state index in [0.717, 1.165) is 27.7 Å². The van der Waals surface area contributed by atoms with Gasteiger partial charge in [0.25, 0.3) is 0 Å². The van der Waals surface area contributed by atoms with Gasteiger partial charge >= 0.3 is 12.1 Å². The number of halogens is 1. The normalized spacial score (nSPS) is 23.2. The van der Waals surface area contributed by atoms with E-state index in [4.69, 9.17) is 54.2 Å². The van der Waals surface area contributed by atoms with Crippen LogP contribution < -0.4 is 31.0 Å². The van der Waals surface area contributed by atoms with Crippen LogP contribution >= 0.6 is 11.6 Å². The SMILES string of the molecule is CNN(C)Cc1cc2ccccc2n1CCC(=O)NC(CO)C(=O)NCCOCCOCCOCCOCCC(=O)N(C)C(C)C(=O)OC1CC(=O)N(C)c2cc(cc(OC)c2Cl)CC(C)=CC=CC(OC)C2(O)CC(OC(=O)N2)C(C)C2OC12C. The number of aliphatic hydroxyl groups is 2. The number of hydrogen-bond donors (Lipinski definition) is 6. The van der Waals surface area contributed by atoms with Gasteiger partial charge in [-0.05, 0) is 69.5 Å². The Balaban J connectivity index is 0.892. The summed E-state index contributed by atoms with van der Waals surface area (Å²) in [6, 6.07) is 11.4. The number of ether oxygens (including phenoxy) is 9. The van der Waals surface area contributed by atoms with Crippen molar-refractivity contribution in [2.45, 2.75) is 121 Å². The van der Waals surface area contributed by atoms with E-state index in [1.165, 1.54) is 38.0 Å². The summed E-state index contributed by atoms with van der Waals surface area (Å²) in [7, 11) is 9.67. The number of carbonyl (C=O) groups excluding carboxylic acids is 6. The second-order valence-electron chi connectivity index (χ2n) is 21.9. The summed E-state index contributed by atoms with van der Waals surface area (Å²) in [5.41, 5.74) is 3.98. The molecule has 3 aliphatic heterocycles. The van der Waals surface area contributed by atoms with E-state index in [9.17, 15) is 39.0 Å². The van der Waals surface area contributed by atoms with Crippen molar-refractivity contribution >= 4 is 63.9 Å². The molecule has 1 aromatic heterocycles. The zero-order valence-corrected chi connectivity index (χ0v) is 51.8. The molecule has 6 N–H and O–H groups in total. The summed E-state index contributed by atoms with van der Waals surface area (Å²) < 4.78 is 53.8. The van der Waals surface area contributed by atoms with E-state index in [2.05, 4.69) is 32.0 Å². The Morgan fingerprint density at radius 3 is 2.30 bits per heavy atom. The Hall–Kier alpha value is -6.23. The fraction of sp³-hybridized carbons (Fsp3) is 0.600. The highest BCUT2D eigenvalue weighted by Crippen LogP contribution is 2.49. The molecule has 86 heavy (non-hydrogen) atoms. The molecule has 3 aromatic rings. The molecule has 26 heteroatoms. The Morgan fingerprint density at radius 2 is 1.64 bits per heavy atom. The maximum atomic E-state index is 14.3. The average Bonchev–Trinajstić information content (AvgIpc) is 1.59. The second kappa shape index (κ2) is 32.7. The first-order chi connectivity index (χ1) is 41.1. The molecule has 0 radical (unpaired) electrons. The molecule has 476 valence electrons. The van der Waals surface area contributed by atoms with Gasteiger partial charge in [-0.25, -0.2) is 14.6 Å². The van der Waals surface area contributed by atoms with Gasteiger partial charge < -0.3 is 77.8 Å². The summed E-state index contributed by atoms with van der Waals surface area (Å²) in [5.74, 6) is -2.82. The number of carbonyl (C=O) groups is 6. The Kier molecular flexibility index (Phi) is 26.2. The first-order valence-corrected chi connectivity index (χ1v) is 29.2. The number of nitrogens with zero attached hydrogens (tertiary/aromatic N) is 4. The fourth-order valence-corrected chi connectivity index (χ4v) is 10.7. The van der Waals surface area contributed by atoms with Crippen molar-refractivity contribution in [1.29, 1.82) is 0 Å². The van der Waals surface area contributed by atoms with Gasteiger partial charge in [0.05, 0.1) is 97.7 Å². The number of allylic oxidation sites excluding steroid dienone is 3. The zero-order chi connectivity index (χ0) is 62.7. The van der Waals surface area contributed by atoms with Crippen molar-refractivity contribution in [3.8, 4) is 5.75 Å². The number of amides is 5. The van der Waals surface area contributed by atoms with Gasteiger partial charge in [-0.1, -0.05) is 60.5 Å². The lowest BCUT2D eigenvalue weighted by molar-refractivity contribution is -0.162. The smallest absolute Gasteiger partial charge is 0.409 e. The quantitative estimate of drug-likeness (QED) is 0.0252. The number of benzene rings is 2. The molecule has 0 aliphatic carbocycles. The lowest BCUT2D eigenvalue weighted by Gasteiger charge is -2.42. The molecule has 4 bridgehead atoms. The van der Waals surface area contributed by atoms with Crippen LogP contribution in [-0.4, -0.2) is 217 Å². The van der Waals surface area contributed by atoms with E-state index in [-0.39, 0.29) is 96.0 Å². The number of alkyl carbamates (subject to hydrolysis) is 1. The van der Waals surface area contributed by atoms with Gasteiger partial charge in [0, 0.05) is 71.3 Å². The van der Waals surface area contributed by atoms with E-state index >= 15 is 0 Å². The molecule has 0 saturated carbocycles. The van der Waals surface area contributed by atoms with Gasteiger partial charge in [-0.2, -0.15) is 0 Å².